The minimum absolute atomic E-state index is 0.0882. The van der Waals surface area contributed by atoms with Crippen molar-refractivity contribution in [2.24, 2.45) is 0 Å². The quantitative estimate of drug-likeness (QED) is 0.233. The fourth-order valence-electron chi connectivity index (χ4n) is 4.67. The van der Waals surface area contributed by atoms with E-state index < -0.39 is 6.23 Å². The van der Waals surface area contributed by atoms with Gasteiger partial charge in [0.25, 0.3) is 0 Å². The molecule has 0 saturated carbocycles. The van der Waals surface area contributed by atoms with Gasteiger partial charge in [-0.1, -0.05) is 66.6 Å². The molecule has 1 unspecified atom stereocenters. The Balaban J connectivity index is 1.05. The van der Waals surface area contributed by atoms with Crippen molar-refractivity contribution < 1.29 is 19.5 Å². The standard InChI is InChI=1S/C29H37N5O4S/c1-21-10-9-13-23-27(21)32-29(39-23)31-25(36)20-33-16-18-34(19-17-33)26(37)15-8-3-2-7-14-24(35)30-28(38)22-11-5-4-6-12-22/h4-6,9-13,28,38H,2-3,7-8,14-20H2,1H3,(H,30,35)(H,31,32,36). The molecule has 0 bridgehead atoms. The number of benzene rings is 2. The summed E-state index contributed by atoms with van der Waals surface area (Å²) in [5.41, 5.74) is 2.68. The molecule has 9 nitrogen and oxygen atoms in total. The van der Waals surface area contributed by atoms with Gasteiger partial charge in [0.05, 0.1) is 16.8 Å². The van der Waals surface area contributed by atoms with E-state index in [2.05, 4.69) is 20.5 Å². The number of aliphatic hydroxyl groups is 1. The number of hydrogen-bond acceptors (Lipinski definition) is 7. The van der Waals surface area contributed by atoms with Crippen molar-refractivity contribution in [1.29, 1.82) is 0 Å². The molecule has 0 radical (unpaired) electrons. The Kier molecular flexibility index (Phi) is 10.4. The van der Waals surface area contributed by atoms with Crippen molar-refractivity contribution in [2.45, 2.75) is 51.7 Å². The lowest BCUT2D eigenvalue weighted by atomic mass is 10.1. The monoisotopic (exact) mass is 551 g/mol. The maximum absolute atomic E-state index is 12.6. The number of fused-ring (bicyclic) bond motifs is 1. The molecule has 10 heteroatoms. The number of thiazole rings is 1. The van der Waals surface area contributed by atoms with Gasteiger partial charge in [-0.25, -0.2) is 4.98 Å². The Morgan fingerprint density at radius 3 is 2.36 bits per heavy atom. The molecule has 4 rings (SSSR count). The van der Waals surface area contributed by atoms with Gasteiger partial charge in [-0.3, -0.25) is 19.3 Å². The topological polar surface area (TPSA) is 115 Å². The van der Waals surface area contributed by atoms with Crippen LogP contribution in [0.4, 0.5) is 5.13 Å². The molecule has 3 amide bonds. The van der Waals surface area contributed by atoms with E-state index in [0.717, 1.165) is 41.5 Å². The molecule has 3 N–H and O–H groups in total. The second-order valence-corrected chi connectivity index (χ2v) is 11.0. The largest absolute Gasteiger partial charge is 0.369 e. The number of rotatable bonds is 12. The summed E-state index contributed by atoms with van der Waals surface area (Å²) in [6.07, 6.45) is 3.11. The van der Waals surface area contributed by atoms with Crippen LogP contribution in [0.3, 0.4) is 0 Å². The lowest BCUT2D eigenvalue weighted by molar-refractivity contribution is -0.133. The smallest absolute Gasteiger partial charge is 0.240 e. The zero-order valence-corrected chi connectivity index (χ0v) is 23.2. The highest BCUT2D eigenvalue weighted by Gasteiger charge is 2.22. The summed E-state index contributed by atoms with van der Waals surface area (Å²) in [5, 5.41) is 16.2. The maximum Gasteiger partial charge on any atom is 0.240 e. The predicted octanol–water partition coefficient (Wildman–Crippen LogP) is 3.84. The van der Waals surface area contributed by atoms with E-state index in [1.165, 1.54) is 11.3 Å². The molecular formula is C29H37N5O4S. The van der Waals surface area contributed by atoms with Gasteiger partial charge < -0.3 is 20.6 Å². The highest BCUT2D eigenvalue weighted by atomic mass is 32.1. The van der Waals surface area contributed by atoms with Crippen LogP contribution in [0.25, 0.3) is 10.2 Å². The number of aromatic nitrogens is 1. The Morgan fingerprint density at radius 1 is 0.923 bits per heavy atom. The van der Waals surface area contributed by atoms with Crippen molar-refractivity contribution in [2.75, 3.05) is 38.0 Å². The Morgan fingerprint density at radius 2 is 1.64 bits per heavy atom. The van der Waals surface area contributed by atoms with E-state index in [1.54, 1.807) is 12.1 Å². The summed E-state index contributed by atoms with van der Waals surface area (Å²) in [6, 6.07) is 15.0. The summed E-state index contributed by atoms with van der Waals surface area (Å²) in [7, 11) is 0. The highest BCUT2D eigenvalue weighted by molar-refractivity contribution is 7.22. The van der Waals surface area contributed by atoms with Crippen LogP contribution < -0.4 is 10.6 Å². The second-order valence-electron chi connectivity index (χ2n) is 9.94. The van der Waals surface area contributed by atoms with Crippen molar-refractivity contribution in [3.05, 3.63) is 59.7 Å². The summed E-state index contributed by atoms with van der Waals surface area (Å²) in [6.45, 7) is 4.88. The van der Waals surface area contributed by atoms with Gasteiger partial charge in [-0.15, -0.1) is 0 Å². The summed E-state index contributed by atoms with van der Waals surface area (Å²) in [5.74, 6) is -0.119. The van der Waals surface area contributed by atoms with Gasteiger partial charge in [0.2, 0.25) is 17.7 Å². The van der Waals surface area contributed by atoms with E-state index in [-0.39, 0.29) is 24.3 Å². The van der Waals surface area contributed by atoms with Crippen LogP contribution in [0.2, 0.25) is 0 Å². The van der Waals surface area contributed by atoms with Gasteiger partial charge in [-0.05, 0) is 31.4 Å². The molecule has 1 fully saturated rings. The van der Waals surface area contributed by atoms with E-state index in [0.29, 0.717) is 49.7 Å². The molecule has 1 aliphatic rings. The Labute approximate surface area is 233 Å². The van der Waals surface area contributed by atoms with Crippen LogP contribution in [-0.4, -0.2) is 70.3 Å². The van der Waals surface area contributed by atoms with Crippen LogP contribution in [0, 0.1) is 6.92 Å². The molecule has 1 saturated heterocycles. The lowest BCUT2D eigenvalue weighted by Gasteiger charge is -2.34. The third kappa shape index (κ3) is 8.58. The minimum Gasteiger partial charge on any atom is -0.369 e. The first-order chi connectivity index (χ1) is 18.9. The first kappa shape index (κ1) is 28.7. The van der Waals surface area contributed by atoms with E-state index in [1.807, 2.05) is 48.2 Å². The average molecular weight is 552 g/mol. The molecule has 208 valence electrons. The number of amides is 3. The zero-order chi connectivity index (χ0) is 27.6. The molecule has 2 heterocycles. The fraction of sp³-hybridized carbons (Fsp3) is 0.448. The molecule has 0 spiro atoms. The summed E-state index contributed by atoms with van der Waals surface area (Å²) < 4.78 is 1.06. The van der Waals surface area contributed by atoms with Gasteiger partial charge in [0, 0.05) is 44.6 Å². The number of nitrogens with one attached hydrogen (secondary N) is 2. The predicted molar refractivity (Wildman–Crippen MR) is 153 cm³/mol. The number of aryl methyl sites for hydroxylation is 1. The molecular weight excluding hydrogens is 514 g/mol. The minimum atomic E-state index is -0.992. The number of hydrogen-bond donors (Lipinski definition) is 3. The molecule has 2 aromatic carbocycles. The summed E-state index contributed by atoms with van der Waals surface area (Å²) >= 11 is 1.48. The molecule has 1 aliphatic heterocycles. The number of nitrogens with zero attached hydrogens (tertiary/aromatic N) is 3. The highest BCUT2D eigenvalue weighted by Crippen LogP contribution is 2.27. The number of carbonyl (C=O) groups is 3. The normalized spacial score (nSPS) is 14.8. The van der Waals surface area contributed by atoms with Gasteiger partial charge in [0.1, 0.15) is 0 Å². The van der Waals surface area contributed by atoms with Crippen LogP contribution in [-0.2, 0) is 14.4 Å². The van der Waals surface area contributed by atoms with Crippen LogP contribution >= 0.6 is 11.3 Å². The van der Waals surface area contributed by atoms with Crippen LogP contribution in [0.1, 0.15) is 55.9 Å². The van der Waals surface area contributed by atoms with Crippen molar-refractivity contribution in [3.8, 4) is 0 Å². The molecule has 0 aliphatic carbocycles. The van der Waals surface area contributed by atoms with Crippen LogP contribution in [0.5, 0.6) is 0 Å². The van der Waals surface area contributed by atoms with Crippen molar-refractivity contribution in [3.63, 3.8) is 0 Å². The van der Waals surface area contributed by atoms with Gasteiger partial charge >= 0.3 is 0 Å². The van der Waals surface area contributed by atoms with Crippen molar-refractivity contribution in [1.82, 2.24) is 20.1 Å². The fourth-order valence-corrected chi connectivity index (χ4v) is 5.63. The number of para-hydroxylation sites is 1. The number of anilines is 1. The van der Waals surface area contributed by atoms with Gasteiger partial charge in [-0.2, -0.15) is 0 Å². The third-order valence-corrected chi connectivity index (χ3v) is 7.85. The number of carbonyl (C=O) groups excluding carboxylic acids is 3. The van der Waals surface area contributed by atoms with Crippen LogP contribution in [0.15, 0.2) is 48.5 Å². The number of piperazine rings is 1. The van der Waals surface area contributed by atoms with Gasteiger partial charge in [0.15, 0.2) is 11.4 Å². The van der Waals surface area contributed by atoms with Crippen molar-refractivity contribution >= 4 is 44.4 Å². The first-order valence-electron chi connectivity index (χ1n) is 13.6. The average Bonchev–Trinajstić information content (AvgIpc) is 3.35. The maximum atomic E-state index is 12.6. The number of unbranched alkanes of at least 4 members (excludes halogenated alkanes) is 3. The lowest BCUT2D eigenvalue weighted by Crippen LogP contribution is -2.50. The molecule has 3 aromatic rings. The van der Waals surface area contributed by atoms with E-state index in [9.17, 15) is 19.5 Å². The molecule has 1 aromatic heterocycles. The first-order valence-corrected chi connectivity index (χ1v) is 14.4. The summed E-state index contributed by atoms with van der Waals surface area (Å²) in [4.78, 5) is 45.7. The SMILES string of the molecule is Cc1cccc2sc(NC(=O)CN3CCN(C(=O)CCCCCCC(=O)NC(O)c4ccccc4)CC3)nc12. The molecule has 39 heavy (non-hydrogen) atoms. The Bertz CT molecular complexity index is 1260. The molecule has 1 atom stereocenters. The van der Waals surface area contributed by atoms with E-state index in [4.69, 9.17) is 0 Å². The zero-order valence-electron chi connectivity index (χ0n) is 22.4. The number of aliphatic hydroxyl groups excluding tert-OH is 1. The van der Waals surface area contributed by atoms with E-state index >= 15 is 0 Å². The second kappa shape index (κ2) is 14.2. The third-order valence-electron chi connectivity index (χ3n) is 6.92. The Hall–Kier alpha value is -3.34.